The Kier molecular flexibility index (Phi) is 6.98. The minimum absolute atomic E-state index is 0.00807. The standard InChI is InChI=1S/C22H27FN2O5S/c1-22(2,18-6-4-5-7-19(18)23)15-24-21(26)17-14-16(8-9-20(17)29-3)31(27,28)25-10-12-30-13-11-25/h4-9,14H,10-13,15H2,1-3H3,(H,24,26). The molecule has 168 valence electrons. The van der Waals surface area contributed by atoms with Crippen LogP contribution >= 0.6 is 0 Å². The molecule has 0 aromatic heterocycles. The number of morpholine rings is 1. The van der Waals surface area contributed by atoms with E-state index in [9.17, 15) is 17.6 Å². The number of sulfonamides is 1. The van der Waals surface area contributed by atoms with Crippen LogP contribution in [0.25, 0.3) is 0 Å². The molecule has 0 saturated carbocycles. The van der Waals surface area contributed by atoms with Crippen LogP contribution < -0.4 is 10.1 Å². The number of amides is 1. The first-order valence-electron chi connectivity index (χ1n) is 9.96. The molecule has 3 rings (SSSR count). The van der Waals surface area contributed by atoms with E-state index in [1.54, 1.807) is 18.2 Å². The molecular weight excluding hydrogens is 423 g/mol. The molecule has 0 aliphatic carbocycles. The Labute approximate surface area is 182 Å². The van der Waals surface area contributed by atoms with Gasteiger partial charge in [0.15, 0.2) is 0 Å². The van der Waals surface area contributed by atoms with Crippen molar-refractivity contribution in [3.63, 3.8) is 0 Å². The van der Waals surface area contributed by atoms with Crippen molar-refractivity contribution >= 4 is 15.9 Å². The van der Waals surface area contributed by atoms with Crippen LogP contribution in [0.15, 0.2) is 47.4 Å². The summed E-state index contributed by atoms with van der Waals surface area (Å²) < 4.78 is 51.9. The van der Waals surface area contributed by atoms with E-state index in [1.165, 1.54) is 35.7 Å². The van der Waals surface area contributed by atoms with Crippen molar-refractivity contribution in [3.05, 3.63) is 59.4 Å². The second-order valence-electron chi connectivity index (χ2n) is 7.92. The highest BCUT2D eigenvalue weighted by atomic mass is 32.2. The van der Waals surface area contributed by atoms with Gasteiger partial charge in [0.2, 0.25) is 10.0 Å². The molecule has 1 aliphatic heterocycles. The van der Waals surface area contributed by atoms with Crippen LogP contribution in [0.2, 0.25) is 0 Å². The van der Waals surface area contributed by atoms with Crippen LogP contribution in [0.3, 0.4) is 0 Å². The van der Waals surface area contributed by atoms with E-state index in [1.807, 2.05) is 13.8 Å². The van der Waals surface area contributed by atoms with Gasteiger partial charge in [-0.05, 0) is 29.8 Å². The Balaban J connectivity index is 1.83. The van der Waals surface area contributed by atoms with Gasteiger partial charge in [-0.1, -0.05) is 32.0 Å². The van der Waals surface area contributed by atoms with Gasteiger partial charge in [0.05, 0.1) is 30.8 Å². The summed E-state index contributed by atoms with van der Waals surface area (Å²) in [6.07, 6.45) is 0. The highest BCUT2D eigenvalue weighted by Crippen LogP contribution is 2.27. The largest absolute Gasteiger partial charge is 0.496 e. The van der Waals surface area contributed by atoms with Crippen molar-refractivity contribution in [2.24, 2.45) is 0 Å². The molecule has 1 heterocycles. The number of benzene rings is 2. The Bertz CT molecular complexity index is 1050. The monoisotopic (exact) mass is 450 g/mol. The van der Waals surface area contributed by atoms with E-state index >= 15 is 0 Å². The molecule has 0 spiro atoms. The van der Waals surface area contributed by atoms with Crippen molar-refractivity contribution in [3.8, 4) is 5.75 Å². The van der Waals surface area contributed by atoms with Gasteiger partial charge in [-0.25, -0.2) is 12.8 Å². The Morgan fingerprint density at radius 3 is 2.52 bits per heavy atom. The third-order valence-electron chi connectivity index (χ3n) is 5.32. The van der Waals surface area contributed by atoms with E-state index in [0.29, 0.717) is 18.8 Å². The van der Waals surface area contributed by atoms with Gasteiger partial charge in [-0.3, -0.25) is 4.79 Å². The highest BCUT2D eigenvalue weighted by Gasteiger charge is 2.29. The summed E-state index contributed by atoms with van der Waals surface area (Å²) in [5.74, 6) is -0.597. The fourth-order valence-electron chi connectivity index (χ4n) is 3.46. The molecule has 7 nitrogen and oxygen atoms in total. The van der Waals surface area contributed by atoms with Crippen LogP contribution in [0.5, 0.6) is 5.75 Å². The van der Waals surface area contributed by atoms with Crippen LogP contribution in [0.4, 0.5) is 4.39 Å². The number of hydrogen-bond donors (Lipinski definition) is 1. The fraction of sp³-hybridized carbons (Fsp3) is 0.409. The van der Waals surface area contributed by atoms with E-state index < -0.39 is 21.3 Å². The smallest absolute Gasteiger partial charge is 0.255 e. The van der Waals surface area contributed by atoms with Crippen LogP contribution in [-0.2, 0) is 20.2 Å². The quantitative estimate of drug-likeness (QED) is 0.701. The molecule has 0 atom stereocenters. The van der Waals surface area contributed by atoms with Gasteiger partial charge in [0, 0.05) is 25.0 Å². The highest BCUT2D eigenvalue weighted by molar-refractivity contribution is 7.89. The van der Waals surface area contributed by atoms with Crippen molar-refractivity contribution < 1.29 is 27.1 Å². The predicted molar refractivity (Wildman–Crippen MR) is 114 cm³/mol. The minimum atomic E-state index is -3.77. The fourth-order valence-corrected chi connectivity index (χ4v) is 4.90. The van der Waals surface area contributed by atoms with E-state index in [2.05, 4.69) is 5.32 Å². The summed E-state index contributed by atoms with van der Waals surface area (Å²) >= 11 is 0. The molecule has 0 bridgehead atoms. The van der Waals surface area contributed by atoms with Gasteiger partial charge in [0.1, 0.15) is 11.6 Å². The first-order chi connectivity index (χ1) is 14.7. The van der Waals surface area contributed by atoms with Crippen molar-refractivity contribution in [1.29, 1.82) is 0 Å². The lowest BCUT2D eigenvalue weighted by atomic mass is 9.84. The zero-order valence-electron chi connectivity index (χ0n) is 17.9. The van der Waals surface area contributed by atoms with Gasteiger partial charge >= 0.3 is 0 Å². The van der Waals surface area contributed by atoms with Gasteiger partial charge in [0.25, 0.3) is 5.91 Å². The number of methoxy groups -OCH3 is 1. The Hall–Kier alpha value is -2.49. The van der Waals surface area contributed by atoms with E-state index in [4.69, 9.17) is 9.47 Å². The average molecular weight is 451 g/mol. The molecule has 0 radical (unpaired) electrons. The summed E-state index contributed by atoms with van der Waals surface area (Å²) in [7, 11) is -2.36. The Morgan fingerprint density at radius 2 is 1.87 bits per heavy atom. The number of halogens is 1. The molecule has 1 N–H and O–H groups in total. The molecule has 0 unspecified atom stereocenters. The maximum absolute atomic E-state index is 14.2. The summed E-state index contributed by atoms with van der Waals surface area (Å²) in [6.45, 7) is 4.96. The molecule has 1 saturated heterocycles. The molecule has 1 fully saturated rings. The normalized spacial score (nSPS) is 15.5. The zero-order chi connectivity index (χ0) is 22.6. The second kappa shape index (κ2) is 9.33. The topological polar surface area (TPSA) is 84.9 Å². The number of carbonyl (C=O) groups is 1. The van der Waals surface area contributed by atoms with E-state index in [-0.39, 0.29) is 41.7 Å². The second-order valence-corrected chi connectivity index (χ2v) is 9.86. The van der Waals surface area contributed by atoms with Crippen LogP contribution in [-0.4, -0.2) is 58.6 Å². The summed E-state index contributed by atoms with van der Waals surface area (Å²) in [5, 5.41) is 2.78. The van der Waals surface area contributed by atoms with Crippen LogP contribution in [0, 0.1) is 5.82 Å². The van der Waals surface area contributed by atoms with Crippen molar-refractivity contribution in [2.45, 2.75) is 24.2 Å². The average Bonchev–Trinajstić information content (AvgIpc) is 2.77. The maximum atomic E-state index is 14.2. The number of hydrogen-bond acceptors (Lipinski definition) is 5. The minimum Gasteiger partial charge on any atom is -0.496 e. The van der Waals surface area contributed by atoms with Gasteiger partial charge < -0.3 is 14.8 Å². The lowest BCUT2D eigenvalue weighted by Gasteiger charge is -2.27. The molecular formula is C22H27FN2O5S. The Morgan fingerprint density at radius 1 is 1.19 bits per heavy atom. The first-order valence-corrected chi connectivity index (χ1v) is 11.4. The number of nitrogens with one attached hydrogen (secondary N) is 1. The zero-order valence-corrected chi connectivity index (χ0v) is 18.7. The molecule has 31 heavy (non-hydrogen) atoms. The lowest BCUT2D eigenvalue weighted by Crippen LogP contribution is -2.40. The number of ether oxygens (including phenoxy) is 2. The predicted octanol–water partition coefficient (Wildman–Crippen LogP) is 2.56. The maximum Gasteiger partial charge on any atom is 0.255 e. The summed E-state index contributed by atoms with van der Waals surface area (Å²) in [6, 6.07) is 10.6. The summed E-state index contributed by atoms with van der Waals surface area (Å²) in [4.78, 5) is 12.9. The molecule has 1 amide bonds. The van der Waals surface area contributed by atoms with Gasteiger partial charge in [-0.2, -0.15) is 4.31 Å². The number of rotatable bonds is 7. The van der Waals surface area contributed by atoms with Gasteiger partial charge in [-0.15, -0.1) is 0 Å². The van der Waals surface area contributed by atoms with E-state index in [0.717, 1.165) is 0 Å². The summed E-state index contributed by atoms with van der Waals surface area (Å²) in [5.41, 5.74) is -0.0989. The van der Waals surface area contributed by atoms with Crippen molar-refractivity contribution in [1.82, 2.24) is 9.62 Å². The molecule has 2 aromatic carbocycles. The van der Waals surface area contributed by atoms with Crippen molar-refractivity contribution in [2.75, 3.05) is 40.0 Å². The molecule has 2 aromatic rings. The third-order valence-corrected chi connectivity index (χ3v) is 7.21. The number of nitrogens with zero attached hydrogens (tertiary/aromatic N) is 1. The lowest BCUT2D eigenvalue weighted by molar-refractivity contribution is 0.0730. The number of carbonyl (C=O) groups excluding carboxylic acids is 1. The third kappa shape index (κ3) is 5.06. The SMILES string of the molecule is COc1ccc(S(=O)(=O)N2CCOCC2)cc1C(=O)NCC(C)(C)c1ccccc1F. The molecule has 1 aliphatic rings. The first kappa shape index (κ1) is 23.2. The van der Waals surface area contributed by atoms with Crippen LogP contribution in [0.1, 0.15) is 29.8 Å². The molecule has 9 heteroatoms.